The summed E-state index contributed by atoms with van der Waals surface area (Å²) in [5.74, 6) is -0.630. The second-order valence-electron chi connectivity index (χ2n) is 3.62. The maximum Gasteiger partial charge on any atom is 0.336 e. The van der Waals surface area contributed by atoms with Crippen molar-refractivity contribution in [2.75, 3.05) is 0 Å². The van der Waals surface area contributed by atoms with Gasteiger partial charge >= 0.3 is 5.97 Å². The van der Waals surface area contributed by atoms with Gasteiger partial charge in [-0.05, 0) is 24.3 Å². The first kappa shape index (κ1) is 11.9. The van der Waals surface area contributed by atoms with E-state index in [0.29, 0.717) is 11.3 Å². The molecular formula is C13H11NO4. The van der Waals surface area contributed by atoms with Gasteiger partial charge in [0.2, 0.25) is 0 Å². The van der Waals surface area contributed by atoms with Gasteiger partial charge in [0.1, 0.15) is 18.1 Å². The maximum absolute atomic E-state index is 11.0. The summed E-state index contributed by atoms with van der Waals surface area (Å²) in [5.41, 5.74) is 0.517. The quantitative estimate of drug-likeness (QED) is 0.861. The van der Waals surface area contributed by atoms with Crippen molar-refractivity contribution >= 4 is 5.97 Å². The molecular weight excluding hydrogens is 234 g/mol. The Kier molecular flexibility index (Phi) is 3.43. The molecule has 1 aromatic heterocycles. The number of carbonyl (C=O) groups is 1. The molecule has 92 valence electrons. The molecule has 0 radical (unpaired) electrons. The molecule has 0 spiro atoms. The van der Waals surface area contributed by atoms with Crippen LogP contribution in [0.2, 0.25) is 0 Å². The van der Waals surface area contributed by atoms with Crippen LogP contribution >= 0.6 is 0 Å². The normalized spacial score (nSPS) is 10.0. The van der Waals surface area contributed by atoms with Crippen LogP contribution in [0, 0.1) is 0 Å². The summed E-state index contributed by atoms with van der Waals surface area (Å²) in [6.07, 6.45) is 3.16. The summed E-state index contributed by atoms with van der Waals surface area (Å²) >= 11 is 0. The summed E-state index contributed by atoms with van der Waals surface area (Å²) in [5, 5.41) is 18.3. The van der Waals surface area contributed by atoms with Crippen molar-refractivity contribution in [3.63, 3.8) is 0 Å². The molecule has 0 fully saturated rings. The highest BCUT2D eigenvalue weighted by molar-refractivity contribution is 5.89. The predicted octanol–water partition coefficient (Wildman–Crippen LogP) is 2.06. The number of benzene rings is 1. The third-order valence-electron chi connectivity index (χ3n) is 2.35. The Morgan fingerprint density at radius 3 is 2.83 bits per heavy atom. The van der Waals surface area contributed by atoms with Crippen molar-refractivity contribution in [2.24, 2.45) is 0 Å². The zero-order chi connectivity index (χ0) is 13.0. The Morgan fingerprint density at radius 1 is 1.33 bits per heavy atom. The first-order chi connectivity index (χ1) is 8.66. The van der Waals surface area contributed by atoms with Gasteiger partial charge in [-0.3, -0.25) is 4.98 Å². The standard InChI is InChI=1S/C13H11NO4/c15-10-4-3-9(12(6-10)13(16)17)8-18-11-2-1-5-14-7-11/h1-7,15H,8H2,(H,16,17). The van der Waals surface area contributed by atoms with Gasteiger partial charge in [0.25, 0.3) is 0 Å². The number of carboxylic acids is 1. The molecule has 5 nitrogen and oxygen atoms in total. The number of hydrogen-bond donors (Lipinski definition) is 2. The zero-order valence-corrected chi connectivity index (χ0v) is 9.41. The second-order valence-corrected chi connectivity index (χ2v) is 3.62. The number of aromatic hydroxyl groups is 1. The van der Waals surface area contributed by atoms with Crippen molar-refractivity contribution in [1.29, 1.82) is 0 Å². The van der Waals surface area contributed by atoms with Gasteiger partial charge in [0.05, 0.1) is 11.8 Å². The smallest absolute Gasteiger partial charge is 0.336 e. The van der Waals surface area contributed by atoms with Crippen LogP contribution in [0.25, 0.3) is 0 Å². The van der Waals surface area contributed by atoms with Crippen molar-refractivity contribution < 1.29 is 19.7 Å². The fraction of sp³-hybridized carbons (Fsp3) is 0.0769. The Morgan fingerprint density at radius 2 is 2.17 bits per heavy atom. The van der Waals surface area contributed by atoms with Gasteiger partial charge in [-0.25, -0.2) is 4.79 Å². The number of hydrogen-bond acceptors (Lipinski definition) is 4. The molecule has 2 N–H and O–H groups in total. The van der Waals surface area contributed by atoms with E-state index < -0.39 is 5.97 Å². The molecule has 1 heterocycles. The number of rotatable bonds is 4. The molecule has 5 heteroatoms. The molecule has 1 aromatic carbocycles. The monoisotopic (exact) mass is 245 g/mol. The Hall–Kier alpha value is -2.56. The average Bonchev–Trinajstić information content (AvgIpc) is 2.38. The topological polar surface area (TPSA) is 79.7 Å². The minimum atomic E-state index is -1.10. The van der Waals surface area contributed by atoms with E-state index in [4.69, 9.17) is 9.84 Å². The molecule has 2 rings (SSSR count). The number of phenolic OH excluding ortho intramolecular Hbond substituents is 1. The van der Waals surface area contributed by atoms with Gasteiger partial charge in [0.15, 0.2) is 0 Å². The van der Waals surface area contributed by atoms with E-state index >= 15 is 0 Å². The number of carboxylic acid groups (broad SMARTS) is 1. The van der Waals surface area contributed by atoms with Crippen LogP contribution in [0.4, 0.5) is 0 Å². The van der Waals surface area contributed by atoms with Gasteiger partial charge in [-0.15, -0.1) is 0 Å². The number of phenols is 1. The molecule has 0 bridgehead atoms. The summed E-state index contributed by atoms with van der Waals surface area (Å²) in [6, 6.07) is 7.60. The van der Waals surface area contributed by atoms with Crippen LogP contribution in [0.5, 0.6) is 11.5 Å². The molecule has 0 aliphatic heterocycles. The van der Waals surface area contributed by atoms with Crippen molar-refractivity contribution in [2.45, 2.75) is 6.61 Å². The van der Waals surface area contributed by atoms with Crippen molar-refractivity contribution in [3.05, 3.63) is 53.9 Å². The fourth-order valence-corrected chi connectivity index (χ4v) is 1.48. The Balaban J connectivity index is 2.17. The molecule has 2 aromatic rings. The van der Waals surface area contributed by atoms with Crippen LogP contribution in [-0.4, -0.2) is 21.2 Å². The summed E-state index contributed by atoms with van der Waals surface area (Å²) in [7, 11) is 0. The van der Waals surface area contributed by atoms with E-state index in [1.54, 1.807) is 24.5 Å². The average molecular weight is 245 g/mol. The lowest BCUT2D eigenvalue weighted by Gasteiger charge is -2.08. The van der Waals surface area contributed by atoms with E-state index in [1.807, 2.05) is 0 Å². The van der Waals surface area contributed by atoms with Crippen LogP contribution in [-0.2, 0) is 6.61 Å². The lowest BCUT2D eigenvalue weighted by molar-refractivity contribution is 0.0693. The van der Waals surface area contributed by atoms with E-state index in [0.717, 1.165) is 0 Å². The highest BCUT2D eigenvalue weighted by Crippen LogP contribution is 2.18. The minimum absolute atomic E-state index is 0.0268. The Bertz CT molecular complexity index is 554. The molecule has 0 amide bonds. The van der Waals surface area contributed by atoms with E-state index in [-0.39, 0.29) is 17.9 Å². The van der Waals surface area contributed by atoms with E-state index in [9.17, 15) is 9.90 Å². The summed E-state index contributed by atoms with van der Waals surface area (Å²) in [4.78, 5) is 14.9. The number of aromatic nitrogens is 1. The largest absolute Gasteiger partial charge is 0.508 e. The zero-order valence-electron chi connectivity index (χ0n) is 9.41. The maximum atomic E-state index is 11.0. The van der Waals surface area contributed by atoms with Gasteiger partial charge < -0.3 is 14.9 Å². The number of nitrogens with zero attached hydrogens (tertiary/aromatic N) is 1. The van der Waals surface area contributed by atoms with Crippen LogP contribution in [0.1, 0.15) is 15.9 Å². The second kappa shape index (κ2) is 5.18. The minimum Gasteiger partial charge on any atom is -0.508 e. The SMILES string of the molecule is O=C(O)c1cc(O)ccc1COc1cccnc1. The van der Waals surface area contributed by atoms with Crippen molar-refractivity contribution in [3.8, 4) is 11.5 Å². The number of ether oxygens (including phenoxy) is 1. The summed E-state index contributed by atoms with van der Waals surface area (Å²) in [6.45, 7) is 0.105. The summed E-state index contributed by atoms with van der Waals surface area (Å²) < 4.78 is 5.42. The van der Waals surface area contributed by atoms with E-state index in [2.05, 4.69) is 4.98 Å². The first-order valence-electron chi connectivity index (χ1n) is 5.25. The molecule has 0 unspecified atom stereocenters. The fourth-order valence-electron chi connectivity index (χ4n) is 1.48. The van der Waals surface area contributed by atoms with Gasteiger partial charge in [0, 0.05) is 11.8 Å². The van der Waals surface area contributed by atoms with Gasteiger partial charge in [-0.2, -0.15) is 0 Å². The molecule has 0 saturated heterocycles. The van der Waals surface area contributed by atoms with Crippen LogP contribution in [0.15, 0.2) is 42.7 Å². The third-order valence-corrected chi connectivity index (χ3v) is 2.35. The third kappa shape index (κ3) is 2.76. The highest BCUT2D eigenvalue weighted by atomic mass is 16.5. The lowest BCUT2D eigenvalue weighted by Crippen LogP contribution is -2.05. The molecule has 18 heavy (non-hydrogen) atoms. The van der Waals surface area contributed by atoms with Crippen molar-refractivity contribution in [1.82, 2.24) is 4.98 Å². The van der Waals surface area contributed by atoms with Gasteiger partial charge in [-0.1, -0.05) is 6.07 Å². The number of aromatic carboxylic acids is 1. The molecule has 0 saturated carbocycles. The van der Waals surface area contributed by atoms with E-state index in [1.165, 1.54) is 18.2 Å². The molecule has 0 atom stereocenters. The first-order valence-corrected chi connectivity index (χ1v) is 5.25. The highest BCUT2D eigenvalue weighted by Gasteiger charge is 2.11. The molecule has 0 aliphatic carbocycles. The lowest BCUT2D eigenvalue weighted by atomic mass is 10.1. The van der Waals surface area contributed by atoms with Crippen LogP contribution < -0.4 is 4.74 Å². The van der Waals surface area contributed by atoms with Crippen LogP contribution in [0.3, 0.4) is 0 Å². The predicted molar refractivity (Wildman–Crippen MR) is 63.6 cm³/mol. The molecule has 0 aliphatic rings. The number of pyridine rings is 1. The Labute approximate surface area is 103 Å².